The van der Waals surface area contributed by atoms with Gasteiger partial charge in [-0.2, -0.15) is 0 Å². The predicted octanol–water partition coefficient (Wildman–Crippen LogP) is 11.5. The molecule has 260 valence electrons. The molecule has 0 aromatic heterocycles. The molecule has 0 fully saturated rings. The average Bonchev–Trinajstić information content (AvgIpc) is 2.93. The normalized spacial score (nSPS) is 24.4. The van der Waals surface area contributed by atoms with Crippen molar-refractivity contribution in [3.63, 3.8) is 0 Å². The van der Waals surface area contributed by atoms with Crippen molar-refractivity contribution in [2.24, 2.45) is 16.7 Å². The van der Waals surface area contributed by atoms with Gasteiger partial charge < -0.3 is 9.47 Å². The van der Waals surface area contributed by atoms with Gasteiger partial charge >= 0.3 is 11.9 Å². The van der Waals surface area contributed by atoms with Gasteiger partial charge in [-0.1, -0.05) is 146 Å². The van der Waals surface area contributed by atoms with Gasteiger partial charge in [-0.15, -0.1) is 0 Å². The molecule has 0 amide bonds. The van der Waals surface area contributed by atoms with Crippen molar-refractivity contribution in [1.82, 2.24) is 0 Å². The number of esters is 2. The fourth-order valence-electron chi connectivity index (χ4n) is 6.69. The molecule has 0 aromatic carbocycles. The monoisotopic (exact) mass is 652 g/mol. The summed E-state index contributed by atoms with van der Waals surface area (Å²) >= 11 is 0. The lowest BCUT2D eigenvalue weighted by Gasteiger charge is -2.39. The quantitative estimate of drug-likeness (QED) is 0.120. The average molecular weight is 653 g/mol. The first-order valence-corrected chi connectivity index (χ1v) is 17.2. The molecule has 0 spiro atoms. The molecule has 2 rings (SSSR count). The van der Waals surface area contributed by atoms with Crippen molar-refractivity contribution in [2.45, 2.75) is 115 Å². The van der Waals surface area contributed by atoms with Crippen LogP contribution in [-0.4, -0.2) is 24.1 Å². The van der Waals surface area contributed by atoms with Crippen LogP contribution in [0.2, 0.25) is 0 Å². The van der Waals surface area contributed by atoms with Crippen LogP contribution in [0.4, 0.5) is 0 Å². The summed E-state index contributed by atoms with van der Waals surface area (Å²) in [5.41, 5.74) is 8.53. The summed E-state index contributed by atoms with van der Waals surface area (Å²) in [6.07, 6.45) is 34.2. The van der Waals surface area contributed by atoms with Gasteiger partial charge in [0.05, 0.1) is 0 Å². The molecule has 2 aliphatic carbocycles. The number of ether oxygens (including phenoxy) is 2. The molecule has 0 N–H and O–H groups in total. The molecule has 3 atom stereocenters. The van der Waals surface area contributed by atoms with Crippen molar-refractivity contribution in [1.29, 1.82) is 0 Å². The maximum Gasteiger partial charge on any atom is 0.303 e. The molecule has 4 heteroatoms. The Morgan fingerprint density at radius 3 is 1.69 bits per heavy atom. The lowest BCUT2D eigenvalue weighted by Crippen LogP contribution is -2.34. The summed E-state index contributed by atoms with van der Waals surface area (Å²) in [5.74, 6) is -0.130. The van der Waals surface area contributed by atoms with E-state index in [0.717, 1.165) is 19.3 Å². The zero-order chi connectivity index (χ0) is 36.1. The van der Waals surface area contributed by atoms with Gasteiger partial charge in [0.1, 0.15) is 12.2 Å². The van der Waals surface area contributed by atoms with E-state index < -0.39 is 0 Å². The zero-order valence-corrected chi connectivity index (χ0v) is 31.6. The van der Waals surface area contributed by atoms with Gasteiger partial charge in [0.25, 0.3) is 0 Å². The molecule has 0 aromatic rings. The van der Waals surface area contributed by atoms with Crippen LogP contribution >= 0.6 is 0 Å². The summed E-state index contributed by atoms with van der Waals surface area (Å²) in [6, 6.07) is 0. The van der Waals surface area contributed by atoms with Gasteiger partial charge in [0, 0.05) is 26.2 Å². The molecule has 0 saturated heterocycles. The minimum Gasteiger partial charge on any atom is -0.462 e. The van der Waals surface area contributed by atoms with E-state index in [1.54, 1.807) is 0 Å². The first-order valence-electron chi connectivity index (χ1n) is 17.2. The number of allylic oxidation sites excluding steroid dienone is 20. The molecule has 0 radical (unpaired) electrons. The highest BCUT2D eigenvalue weighted by atomic mass is 16.5. The molecule has 4 nitrogen and oxygen atoms in total. The zero-order valence-electron chi connectivity index (χ0n) is 31.6. The van der Waals surface area contributed by atoms with Crippen LogP contribution in [-0.2, 0) is 19.1 Å². The molecule has 2 aliphatic rings. The highest BCUT2D eigenvalue weighted by Crippen LogP contribution is 2.43. The minimum absolute atomic E-state index is 0.0110. The van der Waals surface area contributed by atoms with E-state index in [1.165, 1.54) is 52.9 Å². The van der Waals surface area contributed by atoms with Gasteiger partial charge in [-0.25, -0.2) is 0 Å². The minimum atomic E-state index is -0.228. The number of rotatable bonds is 12. The van der Waals surface area contributed by atoms with Crippen molar-refractivity contribution in [3.8, 4) is 0 Å². The van der Waals surface area contributed by atoms with E-state index in [4.69, 9.17) is 9.47 Å². The van der Waals surface area contributed by atoms with Crippen LogP contribution in [0, 0.1) is 16.7 Å². The highest BCUT2D eigenvalue weighted by Gasteiger charge is 2.36. The Labute approximate surface area is 291 Å². The van der Waals surface area contributed by atoms with E-state index in [9.17, 15) is 9.59 Å². The molecular formula is C44H60O4. The summed E-state index contributed by atoms with van der Waals surface area (Å²) in [6.45, 7) is 24.6. The molecule has 48 heavy (non-hydrogen) atoms. The Bertz CT molecular complexity index is 1500. The van der Waals surface area contributed by atoms with Gasteiger partial charge in [-0.05, 0) is 76.9 Å². The lowest BCUT2D eigenvalue weighted by atomic mass is 9.67. The predicted molar refractivity (Wildman–Crippen MR) is 203 cm³/mol. The van der Waals surface area contributed by atoms with Crippen LogP contribution in [0.15, 0.2) is 130 Å². The fourth-order valence-corrected chi connectivity index (χ4v) is 6.69. The standard InChI is InChI=1S/C44H60O4/c1-31(19-15-21-33(3)23-25-41-35(5)27-39(47-37(7)45)29-43(41,9)10)17-13-14-18-32(2)20-16-22-34(4)24-26-42-36(6)28-40(48-38(8)46)30-44(42,11)12/h13-27,39-41H,28-30H2,1-12H3/t39-,40+,41-/m0/s1. The molecule has 0 unspecified atom stereocenters. The van der Waals surface area contributed by atoms with Crippen molar-refractivity contribution >= 4 is 11.9 Å². The number of carbonyl (C=O) groups excluding carboxylic acids is 2. The lowest BCUT2D eigenvalue weighted by molar-refractivity contribution is -0.148. The summed E-state index contributed by atoms with van der Waals surface area (Å²) in [5, 5.41) is 0. The second kappa shape index (κ2) is 18.6. The topological polar surface area (TPSA) is 52.6 Å². The smallest absolute Gasteiger partial charge is 0.303 e. The Morgan fingerprint density at radius 1 is 0.688 bits per heavy atom. The Morgan fingerprint density at radius 2 is 1.19 bits per heavy atom. The molecule has 0 bridgehead atoms. The molecule has 0 saturated carbocycles. The number of hydrogen-bond donors (Lipinski definition) is 0. The molecule has 0 aliphatic heterocycles. The van der Waals surface area contributed by atoms with E-state index in [2.05, 4.69) is 160 Å². The van der Waals surface area contributed by atoms with Crippen molar-refractivity contribution < 1.29 is 19.1 Å². The van der Waals surface area contributed by atoms with Crippen LogP contribution in [0.25, 0.3) is 0 Å². The first kappa shape index (κ1) is 40.3. The third-order valence-electron chi connectivity index (χ3n) is 8.95. The van der Waals surface area contributed by atoms with E-state index in [1.807, 2.05) is 0 Å². The largest absolute Gasteiger partial charge is 0.462 e. The molecule has 0 heterocycles. The molecular weight excluding hydrogens is 592 g/mol. The fraction of sp³-hybridized carbons (Fsp3) is 0.455. The summed E-state index contributed by atoms with van der Waals surface area (Å²) in [4.78, 5) is 22.9. The first-order chi connectivity index (χ1) is 22.4. The summed E-state index contributed by atoms with van der Waals surface area (Å²) in [7, 11) is 0. The van der Waals surface area contributed by atoms with Gasteiger partial charge in [0.15, 0.2) is 0 Å². The SMILES string of the molecule is CC(=O)O[C@@H]1CC(C)=C(C=CC(C)=CC=CC(C)=CC=CC=C(C)C=CC=C(C)C=C[C@H]2C(C)=C[C@H](OC(C)=O)CC2(C)C)C(C)(C)C1. The second-order valence-corrected chi connectivity index (χ2v) is 14.9. The van der Waals surface area contributed by atoms with Crippen LogP contribution in [0.5, 0.6) is 0 Å². The van der Waals surface area contributed by atoms with Crippen molar-refractivity contribution in [3.05, 3.63) is 130 Å². The Balaban J connectivity index is 1.92. The maximum absolute atomic E-state index is 11.4. The number of carbonyl (C=O) groups is 2. The van der Waals surface area contributed by atoms with E-state index >= 15 is 0 Å². The van der Waals surface area contributed by atoms with E-state index in [0.29, 0.717) is 5.92 Å². The number of hydrogen-bond acceptors (Lipinski definition) is 4. The van der Waals surface area contributed by atoms with Crippen LogP contribution in [0.1, 0.15) is 102 Å². The van der Waals surface area contributed by atoms with E-state index in [-0.39, 0.29) is 35.0 Å². The Hall–Kier alpha value is -3.92. The van der Waals surface area contributed by atoms with Crippen LogP contribution in [0.3, 0.4) is 0 Å². The van der Waals surface area contributed by atoms with Crippen molar-refractivity contribution in [2.75, 3.05) is 0 Å². The summed E-state index contributed by atoms with van der Waals surface area (Å²) < 4.78 is 11.0. The Kier molecular flexibility index (Phi) is 15.6. The maximum atomic E-state index is 11.4. The van der Waals surface area contributed by atoms with Gasteiger partial charge in [0.2, 0.25) is 0 Å². The second-order valence-electron chi connectivity index (χ2n) is 14.9. The third-order valence-corrected chi connectivity index (χ3v) is 8.95. The van der Waals surface area contributed by atoms with Gasteiger partial charge in [-0.3, -0.25) is 9.59 Å². The van der Waals surface area contributed by atoms with Crippen LogP contribution < -0.4 is 0 Å². The third kappa shape index (κ3) is 14.1. The highest BCUT2D eigenvalue weighted by molar-refractivity contribution is 5.66.